The molecule has 1 aromatic carbocycles. The number of rotatable bonds is 4. The number of fused-ring (bicyclic) bond motifs is 1. The van der Waals surface area contributed by atoms with Gasteiger partial charge in [-0.05, 0) is 25.5 Å². The minimum atomic E-state index is 0.800. The van der Waals surface area contributed by atoms with E-state index in [1.165, 1.54) is 5.56 Å². The lowest BCUT2D eigenvalue weighted by Crippen LogP contribution is -2.35. The van der Waals surface area contributed by atoms with Crippen molar-refractivity contribution in [3.63, 3.8) is 0 Å². The van der Waals surface area contributed by atoms with Gasteiger partial charge in [-0.15, -0.1) is 22.7 Å². The maximum Gasteiger partial charge on any atom is 0.133 e. The molecule has 0 spiro atoms. The van der Waals surface area contributed by atoms with Gasteiger partial charge in [0.1, 0.15) is 15.7 Å². The molecule has 3 aromatic heterocycles. The first-order valence-corrected chi connectivity index (χ1v) is 11.5. The zero-order chi connectivity index (χ0) is 19.8. The first-order chi connectivity index (χ1) is 14.2. The third-order valence-corrected chi connectivity index (χ3v) is 7.23. The lowest BCUT2D eigenvalue weighted by molar-refractivity contribution is 0.0342. The lowest BCUT2D eigenvalue weighted by atomic mass is 10.1. The van der Waals surface area contributed by atoms with E-state index in [1.807, 2.05) is 13.8 Å². The van der Waals surface area contributed by atoms with Crippen LogP contribution in [0.25, 0.3) is 31.4 Å². The van der Waals surface area contributed by atoms with Crippen molar-refractivity contribution in [3.05, 3.63) is 52.8 Å². The minimum absolute atomic E-state index is 0.800. The molecule has 1 aliphatic rings. The van der Waals surface area contributed by atoms with E-state index in [0.717, 1.165) is 75.7 Å². The average molecular weight is 423 g/mol. The Bertz CT molecular complexity index is 1140. The molecule has 4 heterocycles. The Morgan fingerprint density at radius 3 is 2.55 bits per heavy atom. The summed E-state index contributed by atoms with van der Waals surface area (Å²) in [7, 11) is 0. The first kappa shape index (κ1) is 18.8. The van der Waals surface area contributed by atoms with Crippen molar-refractivity contribution in [2.24, 2.45) is 0 Å². The Labute approximate surface area is 178 Å². The van der Waals surface area contributed by atoms with Crippen LogP contribution in [0.15, 0.2) is 35.7 Å². The van der Waals surface area contributed by atoms with Gasteiger partial charge in [0.25, 0.3) is 0 Å². The monoisotopic (exact) mass is 422 g/mol. The van der Waals surface area contributed by atoms with Crippen LogP contribution in [0.1, 0.15) is 17.1 Å². The quantitative estimate of drug-likeness (QED) is 0.467. The molecule has 0 N–H and O–H groups in total. The molecule has 148 valence electrons. The van der Waals surface area contributed by atoms with Gasteiger partial charge in [-0.1, -0.05) is 24.3 Å². The summed E-state index contributed by atoms with van der Waals surface area (Å²) in [6, 6.07) is 11.0. The van der Waals surface area contributed by atoms with Crippen LogP contribution in [0.2, 0.25) is 0 Å². The highest BCUT2D eigenvalue weighted by Gasteiger charge is 2.15. The Balaban J connectivity index is 1.48. The molecule has 0 bridgehead atoms. The minimum Gasteiger partial charge on any atom is -0.379 e. The van der Waals surface area contributed by atoms with E-state index in [-0.39, 0.29) is 0 Å². The van der Waals surface area contributed by atoms with Crippen molar-refractivity contribution < 1.29 is 4.74 Å². The van der Waals surface area contributed by atoms with Crippen LogP contribution in [0.3, 0.4) is 0 Å². The molecule has 7 heteroatoms. The summed E-state index contributed by atoms with van der Waals surface area (Å²) in [5.74, 6) is 0.800. The molecule has 4 aromatic rings. The van der Waals surface area contributed by atoms with E-state index < -0.39 is 0 Å². The molecule has 1 fully saturated rings. The number of aromatic nitrogens is 3. The van der Waals surface area contributed by atoms with Crippen molar-refractivity contribution in [3.8, 4) is 21.1 Å². The maximum absolute atomic E-state index is 5.44. The summed E-state index contributed by atoms with van der Waals surface area (Å²) in [6.45, 7) is 8.62. The number of thiazole rings is 1. The molecule has 0 radical (unpaired) electrons. The summed E-state index contributed by atoms with van der Waals surface area (Å²) in [6.07, 6.45) is 0. The van der Waals surface area contributed by atoms with E-state index in [1.54, 1.807) is 22.7 Å². The Hall–Kier alpha value is -2.19. The summed E-state index contributed by atoms with van der Waals surface area (Å²) in [4.78, 5) is 18.7. The lowest BCUT2D eigenvalue weighted by Gasteiger charge is -2.26. The summed E-state index contributed by atoms with van der Waals surface area (Å²) >= 11 is 3.37. The smallest absolute Gasteiger partial charge is 0.133 e. The summed E-state index contributed by atoms with van der Waals surface area (Å²) in [5.41, 5.74) is 4.51. The van der Waals surface area contributed by atoms with Gasteiger partial charge in [0, 0.05) is 41.7 Å². The second-order valence-corrected chi connectivity index (χ2v) is 9.22. The molecule has 0 aliphatic carbocycles. The molecular weight excluding hydrogens is 400 g/mol. The summed E-state index contributed by atoms with van der Waals surface area (Å²) < 4.78 is 5.44. The van der Waals surface area contributed by atoms with Crippen molar-refractivity contribution in [2.45, 2.75) is 20.4 Å². The van der Waals surface area contributed by atoms with Crippen LogP contribution in [-0.4, -0.2) is 46.2 Å². The van der Waals surface area contributed by atoms with Crippen LogP contribution < -0.4 is 0 Å². The zero-order valence-electron chi connectivity index (χ0n) is 16.5. The number of aryl methyl sites for hydroxylation is 2. The molecule has 29 heavy (non-hydrogen) atoms. The fraction of sp³-hybridized carbons (Fsp3) is 0.318. The Morgan fingerprint density at radius 1 is 1.03 bits per heavy atom. The number of ether oxygens (including phenoxy) is 1. The largest absolute Gasteiger partial charge is 0.379 e. The predicted molar refractivity (Wildman–Crippen MR) is 120 cm³/mol. The fourth-order valence-electron chi connectivity index (χ4n) is 3.61. The fourth-order valence-corrected chi connectivity index (χ4v) is 5.54. The van der Waals surface area contributed by atoms with Crippen LogP contribution in [0, 0.1) is 13.8 Å². The van der Waals surface area contributed by atoms with Gasteiger partial charge in [0.15, 0.2) is 0 Å². The van der Waals surface area contributed by atoms with E-state index in [9.17, 15) is 0 Å². The molecule has 5 nitrogen and oxygen atoms in total. The Morgan fingerprint density at radius 2 is 1.83 bits per heavy atom. The third kappa shape index (κ3) is 3.96. The standard InChI is InChI=1S/C22H22N4OS2/c1-14-13-28-22(23-14)19-11-18-20(24-15(2)25-21(18)29-19)17-5-3-16(4-6-17)12-26-7-9-27-10-8-26/h3-6,11,13H,7-10,12H2,1-2H3. The predicted octanol–water partition coefficient (Wildman–Crippen LogP) is 4.93. The molecule has 5 rings (SSSR count). The van der Waals surface area contributed by atoms with Gasteiger partial charge in [-0.25, -0.2) is 15.0 Å². The van der Waals surface area contributed by atoms with Gasteiger partial charge in [0.05, 0.1) is 23.8 Å². The van der Waals surface area contributed by atoms with Crippen molar-refractivity contribution >= 4 is 32.9 Å². The molecule has 0 unspecified atom stereocenters. The molecule has 1 aliphatic heterocycles. The molecule has 0 amide bonds. The van der Waals surface area contributed by atoms with E-state index in [4.69, 9.17) is 9.72 Å². The Kier molecular flexibility index (Phi) is 5.13. The van der Waals surface area contributed by atoms with Crippen molar-refractivity contribution in [1.29, 1.82) is 0 Å². The number of nitrogens with zero attached hydrogens (tertiary/aromatic N) is 4. The number of benzene rings is 1. The zero-order valence-corrected chi connectivity index (χ0v) is 18.1. The number of hydrogen-bond acceptors (Lipinski definition) is 7. The molecule has 0 saturated carbocycles. The van der Waals surface area contributed by atoms with E-state index in [2.05, 4.69) is 50.6 Å². The highest BCUT2D eigenvalue weighted by molar-refractivity contribution is 7.25. The molecular formula is C22H22N4OS2. The van der Waals surface area contributed by atoms with Gasteiger partial charge in [-0.2, -0.15) is 0 Å². The van der Waals surface area contributed by atoms with Gasteiger partial charge < -0.3 is 4.74 Å². The molecule has 0 atom stereocenters. The van der Waals surface area contributed by atoms with Crippen LogP contribution in [0.5, 0.6) is 0 Å². The van der Waals surface area contributed by atoms with Gasteiger partial charge in [-0.3, -0.25) is 4.90 Å². The first-order valence-electron chi connectivity index (χ1n) is 9.76. The summed E-state index contributed by atoms with van der Waals surface area (Å²) in [5, 5.41) is 4.24. The van der Waals surface area contributed by atoms with Crippen LogP contribution in [-0.2, 0) is 11.3 Å². The van der Waals surface area contributed by atoms with E-state index >= 15 is 0 Å². The third-order valence-electron chi connectivity index (χ3n) is 5.07. The highest BCUT2D eigenvalue weighted by Crippen LogP contribution is 2.38. The highest BCUT2D eigenvalue weighted by atomic mass is 32.1. The van der Waals surface area contributed by atoms with Gasteiger partial charge in [0.2, 0.25) is 0 Å². The SMILES string of the molecule is Cc1csc(-c2cc3c(-c4ccc(CN5CCOCC5)cc4)nc(C)nc3s2)n1. The van der Waals surface area contributed by atoms with Crippen LogP contribution in [0.4, 0.5) is 0 Å². The molecule has 1 saturated heterocycles. The maximum atomic E-state index is 5.44. The van der Waals surface area contributed by atoms with Gasteiger partial charge >= 0.3 is 0 Å². The van der Waals surface area contributed by atoms with E-state index in [0.29, 0.717) is 0 Å². The average Bonchev–Trinajstić information content (AvgIpc) is 3.35. The second kappa shape index (κ2) is 7.91. The number of morpholine rings is 1. The normalized spacial score (nSPS) is 15.2. The van der Waals surface area contributed by atoms with Crippen molar-refractivity contribution in [2.75, 3.05) is 26.3 Å². The van der Waals surface area contributed by atoms with Crippen molar-refractivity contribution in [1.82, 2.24) is 19.9 Å². The number of hydrogen-bond donors (Lipinski definition) is 0. The number of thiophene rings is 1. The van der Waals surface area contributed by atoms with Crippen LogP contribution >= 0.6 is 22.7 Å². The topological polar surface area (TPSA) is 51.1 Å². The second-order valence-electron chi connectivity index (χ2n) is 7.33.